The number of hydrogen-bond donors (Lipinski definition) is 1. The zero-order valence-electron chi connectivity index (χ0n) is 10.7. The van der Waals surface area contributed by atoms with Crippen molar-refractivity contribution in [3.63, 3.8) is 0 Å². The van der Waals surface area contributed by atoms with Crippen LogP contribution in [-0.2, 0) is 0 Å². The third-order valence-electron chi connectivity index (χ3n) is 2.16. The van der Waals surface area contributed by atoms with Crippen molar-refractivity contribution in [2.45, 2.75) is 33.2 Å². The molecule has 1 N–H and O–H groups in total. The summed E-state index contributed by atoms with van der Waals surface area (Å²) < 4.78 is 13.1. The molecular weight excluding hydrogens is 219 g/mol. The summed E-state index contributed by atoms with van der Waals surface area (Å²) in [7, 11) is 0. The minimum atomic E-state index is -0.343. The number of rotatable bonds is 2. The van der Waals surface area contributed by atoms with E-state index >= 15 is 0 Å². The van der Waals surface area contributed by atoms with Crippen LogP contribution in [0.15, 0.2) is 24.3 Å². The van der Waals surface area contributed by atoms with Crippen molar-refractivity contribution in [1.29, 1.82) is 0 Å². The second-order valence-corrected chi connectivity index (χ2v) is 4.90. The molecule has 17 heavy (non-hydrogen) atoms. The lowest BCUT2D eigenvalue weighted by molar-refractivity contribution is 0.238. The van der Waals surface area contributed by atoms with Gasteiger partial charge in [0.2, 0.25) is 0 Å². The Morgan fingerprint density at radius 3 is 2.53 bits per heavy atom. The minimum Gasteiger partial charge on any atom is -0.333 e. The summed E-state index contributed by atoms with van der Waals surface area (Å²) in [5, 5.41) is 2.85. The van der Waals surface area contributed by atoms with Crippen LogP contribution in [0.1, 0.15) is 27.7 Å². The number of carbonyl (C=O) groups excluding carboxylic acids is 1. The number of nitrogens with one attached hydrogen (secondary N) is 1. The van der Waals surface area contributed by atoms with Crippen molar-refractivity contribution in [2.24, 2.45) is 0 Å². The number of nitrogens with zero attached hydrogens (tertiary/aromatic N) is 1. The molecule has 0 radical (unpaired) electrons. The first-order valence-electron chi connectivity index (χ1n) is 5.69. The molecule has 0 aliphatic carbocycles. The van der Waals surface area contributed by atoms with E-state index < -0.39 is 0 Å². The van der Waals surface area contributed by atoms with Gasteiger partial charge in [-0.3, -0.25) is 4.90 Å². The molecule has 1 rings (SSSR count). The monoisotopic (exact) mass is 238 g/mol. The fourth-order valence-electron chi connectivity index (χ4n) is 1.48. The van der Waals surface area contributed by atoms with Gasteiger partial charge in [0, 0.05) is 17.8 Å². The van der Waals surface area contributed by atoms with Crippen molar-refractivity contribution >= 4 is 11.7 Å². The Bertz CT molecular complexity index is 399. The first-order chi connectivity index (χ1) is 7.83. The van der Waals surface area contributed by atoms with Crippen LogP contribution in [0.4, 0.5) is 14.9 Å². The normalized spacial score (nSPS) is 11.1. The first kappa shape index (κ1) is 13.5. The molecule has 0 saturated heterocycles. The second-order valence-electron chi connectivity index (χ2n) is 4.90. The van der Waals surface area contributed by atoms with E-state index in [-0.39, 0.29) is 17.4 Å². The average Bonchev–Trinajstić information content (AvgIpc) is 2.15. The molecule has 1 aromatic carbocycles. The fourth-order valence-corrected chi connectivity index (χ4v) is 1.48. The molecule has 0 atom stereocenters. The highest BCUT2D eigenvalue weighted by molar-refractivity contribution is 5.92. The van der Waals surface area contributed by atoms with Gasteiger partial charge in [-0.25, -0.2) is 9.18 Å². The van der Waals surface area contributed by atoms with Crippen molar-refractivity contribution in [3.05, 3.63) is 30.1 Å². The SMILES string of the molecule is CCN(C(=O)NC(C)(C)C)c1cccc(F)c1. The lowest BCUT2D eigenvalue weighted by Gasteiger charge is -2.27. The molecule has 0 bridgehead atoms. The summed E-state index contributed by atoms with van der Waals surface area (Å²) >= 11 is 0. The molecule has 0 spiro atoms. The number of halogens is 1. The molecule has 0 aliphatic heterocycles. The van der Waals surface area contributed by atoms with Gasteiger partial charge < -0.3 is 5.32 Å². The molecule has 2 amide bonds. The molecule has 0 heterocycles. The average molecular weight is 238 g/mol. The number of hydrogen-bond acceptors (Lipinski definition) is 1. The molecular formula is C13H19FN2O. The standard InChI is InChI=1S/C13H19FN2O/c1-5-16(12(17)15-13(2,3)4)11-8-6-7-10(14)9-11/h6-9H,5H2,1-4H3,(H,15,17). The van der Waals surface area contributed by atoms with Gasteiger partial charge in [-0.15, -0.1) is 0 Å². The number of urea groups is 1. The van der Waals surface area contributed by atoms with Gasteiger partial charge >= 0.3 is 6.03 Å². The maximum Gasteiger partial charge on any atom is 0.322 e. The highest BCUT2D eigenvalue weighted by atomic mass is 19.1. The van der Waals surface area contributed by atoms with E-state index in [0.29, 0.717) is 12.2 Å². The molecule has 0 unspecified atom stereocenters. The zero-order valence-corrected chi connectivity index (χ0v) is 10.7. The van der Waals surface area contributed by atoms with Crippen LogP contribution in [0.5, 0.6) is 0 Å². The van der Waals surface area contributed by atoms with Crippen LogP contribution >= 0.6 is 0 Å². The highest BCUT2D eigenvalue weighted by Gasteiger charge is 2.19. The van der Waals surface area contributed by atoms with Crippen LogP contribution in [0.25, 0.3) is 0 Å². The van der Waals surface area contributed by atoms with E-state index in [2.05, 4.69) is 5.32 Å². The van der Waals surface area contributed by atoms with E-state index in [1.165, 1.54) is 17.0 Å². The van der Waals surface area contributed by atoms with Crippen molar-refractivity contribution in [2.75, 3.05) is 11.4 Å². The predicted octanol–water partition coefficient (Wildman–Crippen LogP) is 3.16. The number of amides is 2. The molecule has 3 nitrogen and oxygen atoms in total. The summed E-state index contributed by atoms with van der Waals surface area (Å²) in [5.74, 6) is -0.343. The largest absolute Gasteiger partial charge is 0.333 e. The summed E-state index contributed by atoms with van der Waals surface area (Å²) in [4.78, 5) is 13.5. The van der Waals surface area contributed by atoms with Gasteiger partial charge in [-0.1, -0.05) is 6.07 Å². The Labute approximate surface area is 102 Å². The van der Waals surface area contributed by atoms with Crippen LogP contribution in [-0.4, -0.2) is 18.1 Å². The van der Waals surface area contributed by atoms with Crippen molar-refractivity contribution in [1.82, 2.24) is 5.32 Å². The van der Waals surface area contributed by atoms with Crippen LogP contribution in [0.3, 0.4) is 0 Å². The summed E-state index contributed by atoms with van der Waals surface area (Å²) in [6.07, 6.45) is 0. The molecule has 0 aliphatic rings. The Kier molecular flexibility index (Phi) is 4.10. The summed E-state index contributed by atoms with van der Waals surface area (Å²) in [5.41, 5.74) is 0.256. The molecule has 1 aromatic rings. The molecule has 0 fully saturated rings. The molecule has 94 valence electrons. The Morgan fingerprint density at radius 2 is 2.06 bits per heavy atom. The van der Waals surface area contributed by atoms with Crippen molar-refractivity contribution < 1.29 is 9.18 Å². The van der Waals surface area contributed by atoms with E-state index in [9.17, 15) is 9.18 Å². The molecule has 4 heteroatoms. The molecule has 0 aromatic heterocycles. The van der Waals surface area contributed by atoms with E-state index in [4.69, 9.17) is 0 Å². The van der Waals surface area contributed by atoms with Crippen molar-refractivity contribution in [3.8, 4) is 0 Å². The lowest BCUT2D eigenvalue weighted by Crippen LogP contribution is -2.48. The topological polar surface area (TPSA) is 32.3 Å². The smallest absolute Gasteiger partial charge is 0.322 e. The van der Waals surface area contributed by atoms with Gasteiger partial charge in [0.1, 0.15) is 5.82 Å². The van der Waals surface area contributed by atoms with Crippen LogP contribution in [0, 0.1) is 5.82 Å². The minimum absolute atomic E-state index is 0.217. The van der Waals surface area contributed by atoms with E-state index in [1.54, 1.807) is 12.1 Å². The number of benzene rings is 1. The third-order valence-corrected chi connectivity index (χ3v) is 2.16. The second kappa shape index (κ2) is 5.17. The lowest BCUT2D eigenvalue weighted by atomic mass is 10.1. The Hall–Kier alpha value is -1.58. The van der Waals surface area contributed by atoms with E-state index in [0.717, 1.165) is 0 Å². The third kappa shape index (κ3) is 4.06. The Morgan fingerprint density at radius 1 is 1.41 bits per heavy atom. The molecule has 0 saturated carbocycles. The van der Waals surface area contributed by atoms with Crippen LogP contribution < -0.4 is 10.2 Å². The number of carbonyl (C=O) groups is 1. The maximum atomic E-state index is 13.1. The van der Waals surface area contributed by atoms with Gasteiger partial charge in [0.05, 0.1) is 0 Å². The zero-order chi connectivity index (χ0) is 13.1. The van der Waals surface area contributed by atoms with Crippen LogP contribution in [0.2, 0.25) is 0 Å². The highest BCUT2D eigenvalue weighted by Crippen LogP contribution is 2.16. The van der Waals surface area contributed by atoms with Gasteiger partial charge in [-0.05, 0) is 45.9 Å². The van der Waals surface area contributed by atoms with Gasteiger partial charge in [0.15, 0.2) is 0 Å². The van der Waals surface area contributed by atoms with Gasteiger partial charge in [0.25, 0.3) is 0 Å². The Balaban J connectivity index is 2.88. The first-order valence-corrected chi connectivity index (χ1v) is 5.69. The quantitative estimate of drug-likeness (QED) is 0.843. The maximum absolute atomic E-state index is 13.1. The fraction of sp³-hybridized carbons (Fsp3) is 0.462. The summed E-state index contributed by atoms with van der Waals surface area (Å²) in [6.45, 7) is 8.07. The van der Waals surface area contributed by atoms with Gasteiger partial charge in [-0.2, -0.15) is 0 Å². The summed E-state index contributed by atoms with van der Waals surface area (Å²) in [6, 6.07) is 5.81. The van der Waals surface area contributed by atoms with E-state index in [1.807, 2.05) is 27.7 Å². The number of anilines is 1. The predicted molar refractivity (Wildman–Crippen MR) is 67.7 cm³/mol.